The zero-order valence-electron chi connectivity index (χ0n) is 11.7. The standard InChI is InChI=1S/C14H24O4/c1-6-8-10(12(15)16)11(9-7-2)13(17)18-14(3,4)5/h7,10-11H,2,6,8-9H2,1,3-5H3,(H,15,16)/t10?,11-/m0/s1. The van der Waals surface area contributed by atoms with Crippen LogP contribution >= 0.6 is 0 Å². The number of carboxylic acid groups (broad SMARTS) is 1. The molecule has 104 valence electrons. The Morgan fingerprint density at radius 3 is 2.22 bits per heavy atom. The lowest BCUT2D eigenvalue weighted by Crippen LogP contribution is -2.35. The Balaban J connectivity index is 4.96. The number of hydrogen-bond acceptors (Lipinski definition) is 3. The summed E-state index contributed by atoms with van der Waals surface area (Å²) in [7, 11) is 0. The molecule has 1 unspecified atom stereocenters. The number of esters is 1. The van der Waals surface area contributed by atoms with Crippen LogP contribution in [-0.2, 0) is 14.3 Å². The Labute approximate surface area is 109 Å². The van der Waals surface area contributed by atoms with Crippen molar-refractivity contribution in [3.63, 3.8) is 0 Å². The second-order valence-corrected chi connectivity index (χ2v) is 5.40. The first kappa shape index (κ1) is 16.7. The number of carboxylic acids is 1. The normalized spacial score (nSPS) is 14.7. The van der Waals surface area contributed by atoms with Crippen molar-refractivity contribution in [2.75, 3.05) is 0 Å². The molecule has 0 saturated carbocycles. The molecule has 0 aliphatic heterocycles. The third kappa shape index (κ3) is 5.84. The molecule has 0 spiro atoms. The van der Waals surface area contributed by atoms with Crippen molar-refractivity contribution in [1.29, 1.82) is 0 Å². The second kappa shape index (κ2) is 7.19. The number of ether oxygens (including phenoxy) is 1. The van der Waals surface area contributed by atoms with E-state index in [2.05, 4.69) is 6.58 Å². The van der Waals surface area contributed by atoms with Crippen molar-refractivity contribution >= 4 is 11.9 Å². The smallest absolute Gasteiger partial charge is 0.310 e. The molecule has 0 aromatic heterocycles. The summed E-state index contributed by atoms with van der Waals surface area (Å²) >= 11 is 0. The molecule has 4 heteroatoms. The fourth-order valence-corrected chi connectivity index (χ4v) is 1.79. The van der Waals surface area contributed by atoms with Crippen LogP contribution < -0.4 is 0 Å². The molecule has 0 rings (SSSR count). The van der Waals surface area contributed by atoms with Crippen LogP contribution in [0.5, 0.6) is 0 Å². The molecule has 0 heterocycles. The second-order valence-electron chi connectivity index (χ2n) is 5.40. The van der Waals surface area contributed by atoms with Crippen LogP contribution in [0.15, 0.2) is 12.7 Å². The predicted octanol–water partition coefficient (Wildman–Crippen LogP) is 3.02. The highest BCUT2D eigenvalue weighted by atomic mass is 16.6. The summed E-state index contributed by atoms with van der Waals surface area (Å²) in [5.41, 5.74) is -0.605. The monoisotopic (exact) mass is 256 g/mol. The van der Waals surface area contributed by atoms with Gasteiger partial charge in [0, 0.05) is 0 Å². The van der Waals surface area contributed by atoms with Crippen LogP contribution in [0.2, 0.25) is 0 Å². The van der Waals surface area contributed by atoms with Gasteiger partial charge in [0.25, 0.3) is 0 Å². The topological polar surface area (TPSA) is 63.6 Å². The number of hydrogen-bond donors (Lipinski definition) is 1. The van der Waals surface area contributed by atoms with Gasteiger partial charge in [-0.15, -0.1) is 6.58 Å². The largest absolute Gasteiger partial charge is 0.481 e. The Morgan fingerprint density at radius 2 is 1.89 bits per heavy atom. The Morgan fingerprint density at radius 1 is 1.33 bits per heavy atom. The molecule has 0 fully saturated rings. The Kier molecular flexibility index (Phi) is 6.66. The van der Waals surface area contributed by atoms with Gasteiger partial charge in [0.05, 0.1) is 11.8 Å². The van der Waals surface area contributed by atoms with Crippen LogP contribution in [0.4, 0.5) is 0 Å². The molecule has 1 N–H and O–H groups in total. The number of aliphatic carboxylic acids is 1. The highest BCUT2D eigenvalue weighted by Crippen LogP contribution is 2.25. The van der Waals surface area contributed by atoms with Crippen molar-refractivity contribution in [1.82, 2.24) is 0 Å². The first-order valence-electron chi connectivity index (χ1n) is 6.29. The molecule has 0 aromatic rings. The average molecular weight is 256 g/mol. The maximum absolute atomic E-state index is 12.0. The van der Waals surface area contributed by atoms with Crippen molar-refractivity contribution in [3.05, 3.63) is 12.7 Å². The molecular formula is C14H24O4. The first-order chi connectivity index (χ1) is 8.22. The van der Waals surface area contributed by atoms with Crippen LogP contribution in [0.25, 0.3) is 0 Å². The van der Waals surface area contributed by atoms with Crippen LogP contribution in [0.3, 0.4) is 0 Å². The van der Waals surface area contributed by atoms with Crippen molar-refractivity contribution in [2.45, 2.75) is 52.6 Å². The lowest BCUT2D eigenvalue weighted by molar-refractivity contribution is -0.166. The van der Waals surface area contributed by atoms with Crippen LogP contribution in [0, 0.1) is 11.8 Å². The van der Waals surface area contributed by atoms with E-state index in [1.807, 2.05) is 6.92 Å². The van der Waals surface area contributed by atoms with Gasteiger partial charge in [0.2, 0.25) is 0 Å². The number of carbonyl (C=O) groups is 2. The molecule has 0 radical (unpaired) electrons. The molecule has 0 aliphatic rings. The molecule has 4 nitrogen and oxygen atoms in total. The summed E-state index contributed by atoms with van der Waals surface area (Å²) in [6.07, 6.45) is 3.08. The lowest BCUT2D eigenvalue weighted by atomic mass is 9.86. The lowest BCUT2D eigenvalue weighted by Gasteiger charge is -2.26. The van der Waals surface area contributed by atoms with Crippen molar-refractivity contribution < 1.29 is 19.4 Å². The third-order valence-corrected chi connectivity index (χ3v) is 2.53. The van der Waals surface area contributed by atoms with E-state index >= 15 is 0 Å². The van der Waals surface area contributed by atoms with E-state index in [4.69, 9.17) is 4.74 Å². The van der Waals surface area contributed by atoms with Gasteiger partial charge < -0.3 is 9.84 Å². The van der Waals surface area contributed by atoms with Gasteiger partial charge in [-0.05, 0) is 33.6 Å². The molecule has 0 bridgehead atoms. The quantitative estimate of drug-likeness (QED) is 0.561. The zero-order valence-corrected chi connectivity index (χ0v) is 11.7. The Bertz CT molecular complexity index is 301. The number of allylic oxidation sites excluding steroid dienone is 1. The molecule has 0 aromatic carbocycles. The predicted molar refractivity (Wildman–Crippen MR) is 70.2 cm³/mol. The minimum Gasteiger partial charge on any atom is -0.481 e. The first-order valence-corrected chi connectivity index (χ1v) is 6.29. The summed E-state index contributed by atoms with van der Waals surface area (Å²) < 4.78 is 5.28. The van der Waals surface area contributed by atoms with E-state index in [0.29, 0.717) is 19.3 Å². The zero-order chi connectivity index (χ0) is 14.3. The van der Waals surface area contributed by atoms with Gasteiger partial charge >= 0.3 is 11.9 Å². The maximum atomic E-state index is 12.0. The van der Waals surface area contributed by atoms with E-state index in [-0.39, 0.29) is 0 Å². The van der Waals surface area contributed by atoms with E-state index in [1.165, 1.54) is 0 Å². The SMILES string of the molecule is C=CC[C@H](C(=O)OC(C)(C)C)C(CCC)C(=O)O. The third-order valence-electron chi connectivity index (χ3n) is 2.53. The molecule has 0 aliphatic carbocycles. The molecule has 18 heavy (non-hydrogen) atoms. The molecule has 0 amide bonds. The van der Waals surface area contributed by atoms with Crippen LogP contribution in [-0.4, -0.2) is 22.6 Å². The van der Waals surface area contributed by atoms with E-state index < -0.39 is 29.4 Å². The molecule has 2 atom stereocenters. The van der Waals surface area contributed by atoms with E-state index in [0.717, 1.165) is 0 Å². The highest BCUT2D eigenvalue weighted by molar-refractivity contribution is 5.81. The van der Waals surface area contributed by atoms with Gasteiger partial charge in [0.1, 0.15) is 5.60 Å². The summed E-state index contributed by atoms with van der Waals surface area (Å²) in [5, 5.41) is 9.21. The average Bonchev–Trinajstić information content (AvgIpc) is 2.20. The van der Waals surface area contributed by atoms with Gasteiger partial charge in [-0.25, -0.2) is 0 Å². The minimum atomic E-state index is -0.949. The fourth-order valence-electron chi connectivity index (χ4n) is 1.79. The van der Waals surface area contributed by atoms with Crippen LogP contribution in [0.1, 0.15) is 47.0 Å². The highest BCUT2D eigenvalue weighted by Gasteiger charge is 2.35. The molecular weight excluding hydrogens is 232 g/mol. The van der Waals surface area contributed by atoms with Gasteiger partial charge in [-0.2, -0.15) is 0 Å². The van der Waals surface area contributed by atoms with Gasteiger partial charge in [-0.3, -0.25) is 9.59 Å². The number of rotatable bonds is 7. The summed E-state index contributed by atoms with van der Waals surface area (Å²) in [6, 6.07) is 0. The summed E-state index contributed by atoms with van der Waals surface area (Å²) in [6.45, 7) is 10.8. The van der Waals surface area contributed by atoms with E-state index in [1.54, 1.807) is 26.8 Å². The van der Waals surface area contributed by atoms with Crippen molar-refractivity contribution in [2.24, 2.45) is 11.8 Å². The summed E-state index contributed by atoms with van der Waals surface area (Å²) in [4.78, 5) is 23.3. The maximum Gasteiger partial charge on any atom is 0.310 e. The molecule has 0 saturated heterocycles. The van der Waals surface area contributed by atoms with Gasteiger partial charge in [-0.1, -0.05) is 19.4 Å². The van der Waals surface area contributed by atoms with Gasteiger partial charge in [0.15, 0.2) is 0 Å². The fraction of sp³-hybridized carbons (Fsp3) is 0.714. The van der Waals surface area contributed by atoms with Crippen molar-refractivity contribution in [3.8, 4) is 0 Å². The summed E-state index contributed by atoms with van der Waals surface area (Å²) in [5.74, 6) is -2.76. The number of carbonyl (C=O) groups excluding carboxylic acids is 1. The van der Waals surface area contributed by atoms with E-state index in [9.17, 15) is 14.7 Å². The Hall–Kier alpha value is -1.32. The minimum absolute atomic E-state index is 0.325.